The Hall–Kier alpha value is -1.91. The largest absolute Gasteiger partial charge is 0.334 e. The molecule has 1 amide bonds. The maximum atomic E-state index is 12.9. The summed E-state index contributed by atoms with van der Waals surface area (Å²) in [5.74, 6) is 0.0541. The third-order valence-electron chi connectivity index (χ3n) is 5.22. The second kappa shape index (κ2) is 6.77. The van der Waals surface area contributed by atoms with Crippen LogP contribution < -0.4 is 5.32 Å². The minimum absolute atomic E-state index is 0.0541. The Labute approximate surface area is 153 Å². The zero-order chi connectivity index (χ0) is 17.4. The number of nitrogens with zero attached hydrogens (tertiary/aromatic N) is 2. The van der Waals surface area contributed by atoms with Crippen LogP contribution in [0.5, 0.6) is 0 Å². The van der Waals surface area contributed by atoms with Crippen LogP contribution in [0.1, 0.15) is 51.6 Å². The molecule has 0 unspecified atom stereocenters. The first-order chi connectivity index (χ1) is 12.1. The molecule has 0 saturated carbocycles. The number of fused-ring (bicyclic) bond motifs is 1. The van der Waals surface area contributed by atoms with Crippen molar-refractivity contribution in [2.45, 2.75) is 38.8 Å². The first-order valence-corrected chi connectivity index (χ1v) is 9.26. The summed E-state index contributed by atoms with van der Waals surface area (Å²) in [7, 11) is 0. The van der Waals surface area contributed by atoms with Crippen molar-refractivity contribution in [2.24, 2.45) is 0 Å². The van der Waals surface area contributed by atoms with Crippen LogP contribution in [0.3, 0.4) is 0 Å². The van der Waals surface area contributed by atoms with Gasteiger partial charge in [0, 0.05) is 36.0 Å². The van der Waals surface area contributed by atoms with E-state index >= 15 is 0 Å². The minimum atomic E-state index is 0.0541. The molecule has 1 aromatic carbocycles. The number of nitrogens with one attached hydrogen (secondary N) is 1. The van der Waals surface area contributed by atoms with Gasteiger partial charge in [0.25, 0.3) is 5.91 Å². The molecule has 2 aliphatic heterocycles. The molecule has 3 heterocycles. The number of carbonyl (C=O) groups is 1. The van der Waals surface area contributed by atoms with E-state index in [1.165, 1.54) is 23.1 Å². The number of benzene rings is 1. The molecule has 25 heavy (non-hydrogen) atoms. The molecule has 0 spiro atoms. The van der Waals surface area contributed by atoms with Gasteiger partial charge in [-0.05, 0) is 73.7 Å². The van der Waals surface area contributed by atoms with Gasteiger partial charge in [-0.25, -0.2) is 0 Å². The fourth-order valence-corrected chi connectivity index (χ4v) is 4.12. The summed E-state index contributed by atoms with van der Waals surface area (Å²) in [6.07, 6.45) is 4.83. The lowest BCUT2D eigenvalue weighted by molar-refractivity contribution is 0.0733. The third kappa shape index (κ3) is 3.29. The number of pyridine rings is 1. The molecule has 1 aromatic heterocycles. The molecule has 4 rings (SSSR count). The highest BCUT2D eigenvalue weighted by Crippen LogP contribution is 2.34. The van der Waals surface area contributed by atoms with Crippen LogP contribution in [0, 0.1) is 6.92 Å². The maximum absolute atomic E-state index is 12.9. The monoisotopic (exact) mass is 355 g/mol. The number of hydrogen-bond acceptors (Lipinski definition) is 3. The van der Waals surface area contributed by atoms with Crippen molar-refractivity contribution in [1.82, 2.24) is 15.2 Å². The number of carbonyl (C=O) groups excluding carboxylic acids is 1. The van der Waals surface area contributed by atoms with E-state index in [2.05, 4.69) is 22.4 Å². The van der Waals surface area contributed by atoms with Crippen molar-refractivity contribution < 1.29 is 4.79 Å². The normalized spacial score (nSPS) is 19.8. The number of rotatable bonds is 2. The Morgan fingerprint density at radius 3 is 2.96 bits per heavy atom. The average Bonchev–Trinajstić information content (AvgIpc) is 3.15. The van der Waals surface area contributed by atoms with Gasteiger partial charge in [0.2, 0.25) is 0 Å². The predicted molar refractivity (Wildman–Crippen MR) is 98.8 cm³/mol. The van der Waals surface area contributed by atoms with E-state index in [9.17, 15) is 4.79 Å². The van der Waals surface area contributed by atoms with Crippen LogP contribution >= 0.6 is 11.6 Å². The maximum Gasteiger partial charge on any atom is 0.255 e. The number of aromatic nitrogens is 1. The van der Waals surface area contributed by atoms with Gasteiger partial charge in [-0.3, -0.25) is 9.78 Å². The van der Waals surface area contributed by atoms with E-state index < -0.39 is 0 Å². The highest BCUT2D eigenvalue weighted by Gasteiger charge is 2.28. The lowest BCUT2D eigenvalue weighted by Crippen LogP contribution is -2.37. The zero-order valence-corrected chi connectivity index (χ0v) is 15.1. The highest BCUT2D eigenvalue weighted by atomic mass is 35.5. The first kappa shape index (κ1) is 16.6. The molecular formula is C20H22ClN3O. The standard InChI is InChI=1S/C20H22ClN3O/c1-13-4-5-15(11-23-13)20(25)24-8-6-14-9-16(21)10-17(18(14)12-24)19-3-2-7-22-19/h4-5,9-11,19,22H,2-3,6-8,12H2,1H3/t19-/m0/s1. The molecule has 1 saturated heterocycles. The minimum Gasteiger partial charge on any atom is -0.334 e. The van der Waals surface area contributed by atoms with Crippen molar-refractivity contribution in [3.63, 3.8) is 0 Å². The quantitative estimate of drug-likeness (QED) is 0.894. The molecule has 2 aromatic rings. The Bertz CT molecular complexity index is 797. The van der Waals surface area contributed by atoms with E-state index in [-0.39, 0.29) is 5.91 Å². The summed E-state index contributed by atoms with van der Waals surface area (Å²) < 4.78 is 0. The van der Waals surface area contributed by atoms with Crippen LogP contribution in [-0.2, 0) is 13.0 Å². The van der Waals surface area contributed by atoms with Gasteiger partial charge in [-0.1, -0.05) is 11.6 Å². The molecule has 5 heteroatoms. The summed E-state index contributed by atoms with van der Waals surface area (Å²) in [5.41, 5.74) is 5.39. The van der Waals surface area contributed by atoms with Gasteiger partial charge >= 0.3 is 0 Å². The molecule has 0 radical (unpaired) electrons. The van der Waals surface area contributed by atoms with Gasteiger partial charge in [-0.15, -0.1) is 0 Å². The Balaban J connectivity index is 1.63. The molecule has 130 valence electrons. The van der Waals surface area contributed by atoms with Gasteiger partial charge in [0.05, 0.1) is 5.56 Å². The van der Waals surface area contributed by atoms with Gasteiger partial charge < -0.3 is 10.2 Å². The molecule has 2 aliphatic rings. The van der Waals surface area contributed by atoms with Crippen molar-refractivity contribution >= 4 is 17.5 Å². The van der Waals surface area contributed by atoms with E-state index in [4.69, 9.17) is 11.6 Å². The van der Waals surface area contributed by atoms with Crippen LogP contribution in [0.15, 0.2) is 30.5 Å². The van der Waals surface area contributed by atoms with Crippen molar-refractivity contribution in [1.29, 1.82) is 0 Å². The number of amides is 1. The lowest BCUT2D eigenvalue weighted by Gasteiger charge is -2.32. The molecule has 0 aliphatic carbocycles. The molecular weight excluding hydrogens is 334 g/mol. The molecule has 1 N–H and O–H groups in total. The third-order valence-corrected chi connectivity index (χ3v) is 5.44. The summed E-state index contributed by atoms with van der Waals surface area (Å²) >= 11 is 6.35. The fourth-order valence-electron chi connectivity index (χ4n) is 3.87. The van der Waals surface area contributed by atoms with Gasteiger partial charge in [-0.2, -0.15) is 0 Å². The van der Waals surface area contributed by atoms with Gasteiger partial charge in [0.1, 0.15) is 0 Å². The Kier molecular flexibility index (Phi) is 4.48. The smallest absolute Gasteiger partial charge is 0.255 e. The molecule has 0 bridgehead atoms. The summed E-state index contributed by atoms with van der Waals surface area (Å²) in [6.45, 7) is 4.34. The van der Waals surface area contributed by atoms with E-state index in [1.54, 1.807) is 6.20 Å². The lowest BCUT2D eigenvalue weighted by atomic mass is 9.90. The highest BCUT2D eigenvalue weighted by molar-refractivity contribution is 6.30. The SMILES string of the molecule is Cc1ccc(C(=O)N2CCc3cc(Cl)cc([C@@H]4CCCN4)c3C2)cn1. The fraction of sp³-hybridized carbons (Fsp3) is 0.400. The van der Waals surface area contributed by atoms with Crippen LogP contribution in [-0.4, -0.2) is 28.9 Å². The second-order valence-electron chi connectivity index (χ2n) is 6.95. The summed E-state index contributed by atoms with van der Waals surface area (Å²) in [5, 5.41) is 4.36. The van der Waals surface area contributed by atoms with E-state index in [0.29, 0.717) is 18.2 Å². The van der Waals surface area contributed by atoms with Gasteiger partial charge in [0.15, 0.2) is 0 Å². The number of halogens is 1. The number of hydrogen-bond donors (Lipinski definition) is 1. The van der Waals surface area contributed by atoms with E-state index in [0.717, 1.165) is 36.6 Å². The van der Waals surface area contributed by atoms with Crippen LogP contribution in [0.4, 0.5) is 0 Å². The van der Waals surface area contributed by atoms with Crippen molar-refractivity contribution in [2.75, 3.05) is 13.1 Å². The molecule has 1 atom stereocenters. The second-order valence-corrected chi connectivity index (χ2v) is 7.38. The van der Waals surface area contributed by atoms with E-state index in [1.807, 2.05) is 24.0 Å². The van der Waals surface area contributed by atoms with Crippen molar-refractivity contribution in [3.05, 3.63) is 63.4 Å². The van der Waals surface area contributed by atoms with Crippen molar-refractivity contribution in [3.8, 4) is 0 Å². The Morgan fingerprint density at radius 2 is 2.24 bits per heavy atom. The average molecular weight is 356 g/mol. The molecule has 1 fully saturated rings. The summed E-state index contributed by atoms with van der Waals surface area (Å²) in [4.78, 5) is 19.1. The summed E-state index contributed by atoms with van der Waals surface area (Å²) in [6, 6.07) is 8.24. The topological polar surface area (TPSA) is 45.2 Å². The zero-order valence-electron chi connectivity index (χ0n) is 14.4. The first-order valence-electron chi connectivity index (χ1n) is 8.88. The predicted octanol–water partition coefficient (Wildman–Crippen LogP) is 3.67. The molecule has 4 nitrogen and oxygen atoms in total. The van der Waals surface area contributed by atoms with Crippen LogP contribution in [0.25, 0.3) is 0 Å². The Morgan fingerprint density at radius 1 is 1.36 bits per heavy atom. The number of aryl methyl sites for hydroxylation is 1. The van der Waals surface area contributed by atoms with Crippen LogP contribution in [0.2, 0.25) is 5.02 Å².